The normalized spacial score (nSPS) is 13.8. The molecule has 0 saturated heterocycles. The number of aromatic carboxylic acids is 1. The number of nitrogens with one attached hydrogen (secondary N) is 2. The third-order valence-electron chi connectivity index (χ3n) is 6.33. The van der Waals surface area contributed by atoms with E-state index in [4.69, 9.17) is 10.8 Å². The van der Waals surface area contributed by atoms with E-state index in [-0.39, 0.29) is 29.3 Å². The second-order valence-corrected chi connectivity index (χ2v) is 10.1. The Bertz CT molecular complexity index is 929. The van der Waals surface area contributed by atoms with Gasteiger partial charge in [-0.2, -0.15) is 0 Å². The van der Waals surface area contributed by atoms with E-state index < -0.39 is 12.0 Å². The molecule has 2 aromatic carbocycles. The van der Waals surface area contributed by atoms with Gasteiger partial charge in [0.1, 0.15) is 5.75 Å². The summed E-state index contributed by atoms with van der Waals surface area (Å²) in [4.78, 5) is 24.4. The lowest BCUT2D eigenvalue weighted by Gasteiger charge is -2.27. The van der Waals surface area contributed by atoms with Gasteiger partial charge in [-0.1, -0.05) is 57.9 Å². The molecule has 0 fully saturated rings. The Hall–Kier alpha value is -2.90. The molecule has 0 heterocycles. The van der Waals surface area contributed by atoms with Crippen LogP contribution < -0.4 is 16.4 Å². The van der Waals surface area contributed by atoms with Crippen LogP contribution >= 0.6 is 0 Å². The van der Waals surface area contributed by atoms with Gasteiger partial charge < -0.3 is 26.6 Å². The van der Waals surface area contributed by atoms with Crippen molar-refractivity contribution in [2.75, 3.05) is 6.54 Å². The molecule has 7 heteroatoms. The van der Waals surface area contributed by atoms with Crippen molar-refractivity contribution in [2.45, 2.75) is 83.8 Å². The summed E-state index contributed by atoms with van der Waals surface area (Å²) in [5, 5.41) is 25.4. The number of phenolic OH excluding ortho intramolecular Hbond substituents is 1. The summed E-state index contributed by atoms with van der Waals surface area (Å²) in [5.41, 5.74) is 8.49. The van der Waals surface area contributed by atoms with Crippen LogP contribution in [0.2, 0.25) is 0 Å². The van der Waals surface area contributed by atoms with E-state index in [0.29, 0.717) is 18.9 Å². The molecule has 198 valence electrons. The summed E-state index contributed by atoms with van der Waals surface area (Å²) in [6.45, 7) is 6.89. The number of aromatic hydroxyl groups is 1. The maximum atomic E-state index is 13.3. The van der Waals surface area contributed by atoms with Crippen LogP contribution in [0.5, 0.6) is 5.75 Å². The lowest BCUT2D eigenvalue weighted by Crippen LogP contribution is -2.51. The van der Waals surface area contributed by atoms with Gasteiger partial charge in [-0.05, 0) is 73.4 Å². The highest BCUT2D eigenvalue weighted by Gasteiger charge is 2.24. The number of hydrogen-bond donors (Lipinski definition) is 5. The fourth-order valence-electron chi connectivity index (χ4n) is 4.30. The molecule has 6 N–H and O–H groups in total. The Morgan fingerprint density at radius 3 is 2.19 bits per heavy atom. The number of nitrogens with two attached hydrogens (primary N) is 1. The number of carbonyl (C=O) groups excluding carboxylic acids is 1. The average Bonchev–Trinajstić information content (AvgIpc) is 2.85. The third-order valence-corrected chi connectivity index (χ3v) is 6.33. The molecule has 0 aliphatic heterocycles. The molecule has 0 saturated carbocycles. The van der Waals surface area contributed by atoms with Gasteiger partial charge >= 0.3 is 5.97 Å². The number of benzene rings is 2. The number of unbranched alkanes of at least 4 members (excludes halogenated alkanes) is 1. The Morgan fingerprint density at radius 2 is 1.61 bits per heavy atom. The van der Waals surface area contributed by atoms with Crippen molar-refractivity contribution in [3.8, 4) is 5.75 Å². The van der Waals surface area contributed by atoms with Crippen molar-refractivity contribution >= 4 is 11.9 Å². The first-order chi connectivity index (χ1) is 17.2. The Balaban J connectivity index is 2.11. The van der Waals surface area contributed by atoms with E-state index in [1.807, 2.05) is 24.3 Å². The molecular weight excluding hydrogens is 454 g/mol. The number of carbonyl (C=O) groups is 2. The molecule has 0 aromatic heterocycles. The van der Waals surface area contributed by atoms with Gasteiger partial charge in [0.05, 0.1) is 11.6 Å². The number of carboxylic acids is 1. The van der Waals surface area contributed by atoms with Gasteiger partial charge in [0.2, 0.25) is 5.91 Å². The first-order valence-corrected chi connectivity index (χ1v) is 13.1. The number of carboxylic acid groups (broad SMARTS) is 1. The van der Waals surface area contributed by atoms with Crippen molar-refractivity contribution < 1.29 is 19.8 Å². The maximum absolute atomic E-state index is 13.3. The number of aryl methyl sites for hydroxylation is 1. The van der Waals surface area contributed by atoms with E-state index >= 15 is 0 Å². The summed E-state index contributed by atoms with van der Waals surface area (Å²) in [7, 11) is 0. The van der Waals surface area contributed by atoms with Crippen LogP contribution in [0.4, 0.5) is 0 Å². The highest BCUT2D eigenvalue weighted by Crippen LogP contribution is 2.16. The molecule has 0 aliphatic rings. The van der Waals surface area contributed by atoms with Gasteiger partial charge in [0, 0.05) is 18.6 Å². The quantitative estimate of drug-likeness (QED) is 0.236. The molecule has 36 heavy (non-hydrogen) atoms. The molecule has 0 spiro atoms. The summed E-state index contributed by atoms with van der Waals surface area (Å²) in [5.74, 6) is -0.370. The Labute approximate surface area is 215 Å². The van der Waals surface area contributed by atoms with Gasteiger partial charge in [-0.25, -0.2) is 4.79 Å². The van der Waals surface area contributed by atoms with E-state index in [1.54, 1.807) is 24.3 Å². The van der Waals surface area contributed by atoms with Crippen LogP contribution in [0.15, 0.2) is 48.5 Å². The van der Waals surface area contributed by atoms with Crippen molar-refractivity contribution in [3.05, 3.63) is 65.2 Å². The minimum atomic E-state index is -0.932. The van der Waals surface area contributed by atoms with Gasteiger partial charge in [0.25, 0.3) is 0 Å². The predicted molar refractivity (Wildman–Crippen MR) is 144 cm³/mol. The van der Waals surface area contributed by atoms with Gasteiger partial charge in [-0.15, -0.1) is 0 Å². The third kappa shape index (κ3) is 10.8. The molecule has 2 aromatic rings. The summed E-state index contributed by atoms with van der Waals surface area (Å²) >= 11 is 0. The molecule has 1 amide bonds. The van der Waals surface area contributed by atoms with Crippen LogP contribution in [0, 0.1) is 5.92 Å². The first kappa shape index (κ1) is 29.3. The number of phenols is 1. The van der Waals surface area contributed by atoms with Crippen molar-refractivity contribution in [1.82, 2.24) is 10.6 Å². The molecule has 7 nitrogen and oxygen atoms in total. The molecule has 2 rings (SSSR count). The molecule has 0 unspecified atom stereocenters. The monoisotopic (exact) mass is 497 g/mol. The summed E-state index contributed by atoms with van der Waals surface area (Å²) < 4.78 is 0. The van der Waals surface area contributed by atoms with Crippen LogP contribution in [-0.4, -0.2) is 46.8 Å². The molecule has 0 bridgehead atoms. The molecular formula is C29H43N3O4. The highest BCUT2D eigenvalue weighted by atomic mass is 16.4. The fourth-order valence-corrected chi connectivity index (χ4v) is 4.30. The van der Waals surface area contributed by atoms with E-state index in [0.717, 1.165) is 49.7 Å². The zero-order chi connectivity index (χ0) is 26.5. The number of rotatable bonds is 16. The maximum Gasteiger partial charge on any atom is 0.335 e. The summed E-state index contributed by atoms with van der Waals surface area (Å²) in [6, 6.07) is 13.5. The summed E-state index contributed by atoms with van der Waals surface area (Å²) in [6.07, 6.45) is 5.99. The second-order valence-electron chi connectivity index (χ2n) is 10.1. The topological polar surface area (TPSA) is 125 Å². The van der Waals surface area contributed by atoms with Crippen molar-refractivity contribution in [3.63, 3.8) is 0 Å². The Morgan fingerprint density at radius 1 is 0.972 bits per heavy atom. The number of hydrogen-bond acceptors (Lipinski definition) is 5. The fraction of sp³-hybridized carbons (Fsp3) is 0.517. The SMILES string of the molecule is CCCC[C@H](N)CNC(=O)[C@H](Cc1ccc(O)cc1)N[C@H](CCc1ccc(C(=O)O)cc1)CC(C)C. The van der Waals surface area contributed by atoms with Gasteiger partial charge in [-0.3, -0.25) is 4.79 Å². The average molecular weight is 498 g/mol. The molecule has 0 aliphatic carbocycles. The molecule has 3 atom stereocenters. The standard InChI is InChI=1S/C29H43N3O4/c1-4-5-6-24(30)19-31-28(34)27(18-22-10-15-26(33)16-11-22)32-25(17-20(2)3)14-9-21-7-12-23(13-8-21)29(35)36/h7-8,10-13,15-16,20,24-25,27,32-33H,4-6,9,14,17-19,30H2,1-3H3,(H,31,34)(H,35,36)/t24-,25+,27-/m0/s1. The highest BCUT2D eigenvalue weighted by molar-refractivity contribution is 5.87. The largest absolute Gasteiger partial charge is 0.508 e. The Kier molecular flexibility index (Phi) is 12.4. The van der Waals surface area contributed by atoms with E-state index in [1.165, 1.54) is 0 Å². The zero-order valence-electron chi connectivity index (χ0n) is 21.9. The van der Waals surface area contributed by atoms with Crippen LogP contribution in [-0.2, 0) is 17.6 Å². The number of amides is 1. The first-order valence-electron chi connectivity index (χ1n) is 13.1. The minimum absolute atomic E-state index is 0.0662. The second kappa shape index (κ2) is 15.3. The van der Waals surface area contributed by atoms with Crippen LogP contribution in [0.3, 0.4) is 0 Å². The lowest BCUT2D eigenvalue weighted by molar-refractivity contribution is -0.123. The van der Waals surface area contributed by atoms with Crippen molar-refractivity contribution in [2.24, 2.45) is 11.7 Å². The van der Waals surface area contributed by atoms with Crippen LogP contribution in [0.1, 0.15) is 74.4 Å². The van der Waals surface area contributed by atoms with E-state index in [9.17, 15) is 14.7 Å². The smallest absolute Gasteiger partial charge is 0.335 e. The zero-order valence-corrected chi connectivity index (χ0v) is 21.9. The van der Waals surface area contributed by atoms with E-state index in [2.05, 4.69) is 31.4 Å². The minimum Gasteiger partial charge on any atom is -0.508 e. The predicted octanol–water partition coefficient (Wildman–Crippen LogP) is 4.27. The van der Waals surface area contributed by atoms with Gasteiger partial charge in [0.15, 0.2) is 0 Å². The molecule has 0 radical (unpaired) electrons. The van der Waals surface area contributed by atoms with Crippen molar-refractivity contribution in [1.29, 1.82) is 0 Å². The van der Waals surface area contributed by atoms with Crippen LogP contribution in [0.25, 0.3) is 0 Å². The lowest BCUT2D eigenvalue weighted by atomic mass is 9.95.